The standard InChI is InChI=1S/C22H28N2O4S/c1-28-22(25)20-12-10-19(11-13-20)18-24(21-8-3-2-4-9-21)29(26,27)17-7-16-23-14-5-6-15-23/h2-4,8-13H,5-7,14-18H2,1H3. The van der Waals surface area contributed by atoms with Crippen LogP contribution in [0.1, 0.15) is 35.2 Å². The molecule has 156 valence electrons. The summed E-state index contributed by atoms with van der Waals surface area (Å²) in [5, 5.41) is 0. The molecule has 0 saturated carbocycles. The van der Waals surface area contributed by atoms with Crippen LogP contribution >= 0.6 is 0 Å². The van der Waals surface area contributed by atoms with E-state index in [0.717, 1.165) is 25.2 Å². The van der Waals surface area contributed by atoms with E-state index < -0.39 is 16.0 Å². The lowest BCUT2D eigenvalue weighted by Crippen LogP contribution is -2.34. The first-order chi connectivity index (χ1) is 14.0. The number of rotatable bonds is 9. The number of anilines is 1. The van der Waals surface area contributed by atoms with E-state index in [2.05, 4.69) is 4.90 Å². The molecule has 7 heteroatoms. The minimum absolute atomic E-state index is 0.110. The molecule has 1 heterocycles. The molecule has 0 unspecified atom stereocenters. The van der Waals surface area contributed by atoms with Crippen molar-refractivity contribution in [2.75, 3.05) is 36.8 Å². The van der Waals surface area contributed by atoms with Crippen molar-refractivity contribution in [3.8, 4) is 0 Å². The number of esters is 1. The van der Waals surface area contributed by atoms with E-state index >= 15 is 0 Å². The third-order valence-electron chi connectivity index (χ3n) is 5.16. The SMILES string of the molecule is COC(=O)c1ccc(CN(c2ccccc2)S(=O)(=O)CCCN2CCCC2)cc1. The van der Waals surface area contributed by atoms with Crippen LogP contribution in [0.3, 0.4) is 0 Å². The highest BCUT2D eigenvalue weighted by Crippen LogP contribution is 2.22. The van der Waals surface area contributed by atoms with Crippen molar-refractivity contribution in [2.24, 2.45) is 0 Å². The number of carbonyl (C=O) groups excluding carboxylic acids is 1. The molecule has 2 aromatic rings. The molecule has 1 saturated heterocycles. The van der Waals surface area contributed by atoms with Crippen molar-refractivity contribution in [2.45, 2.75) is 25.8 Å². The van der Waals surface area contributed by atoms with Crippen molar-refractivity contribution in [3.63, 3.8) is 0 Å². The lowest BCUT2D eigenvalue weighted by molar-refractivity contribution is 0.0600. The first kappa shape index (κ1) is 21.3. The Labute approximate surface area is 173 Å². The van der Waals surface area contributed by atoms with Crippen molar-refractivity contribution >= 4 is 21.7 Å². The highest BCUT2D eigenvalue weighted by molar-refractivity contribution is 7.92. The highest BCUT2D eigenvalue weighted by Gasteiger charge is 2.23. The monoisotopic (exact) mass is 416 g/mol. The minimum atomic E-state index is -3.48. The molecule has 0 amide bonds. The second-order valence-corrected chi connectivity index (χ2v) is 9.26. The average Bonchev–Trinajstić information content (AvgIpc) is 3.26. The molecule has 0 N–H and O–H groups in total. The van der Waals surface area contributed by atoms with Crippen molar-refractivity contribution in [1.82, 2.24) is 4.90 Å². The first-order valence-electron chi connectivity index (χ1n) is 9.95. The molecule has 0 radical (unpaired) electrons. The number of para-hydroxylation sites is 1. The number of hydrogen-bond acceptors (Lipinski definition) is 5. The smallest absolute Gasteiger partial charge is 0.337 e. The fourth-order valence-electron chi connectivity index (χ4n) is 3.56. The largest absolute Gasteiger partial charge is 0.465 e. The van der Waals surface area contributed by atoms with Gasteiger partial charge in [0.15, 0.2) is 0 Å². The number of likely N-dealkylation sites (tertiary alicyclic amines) is 1. The van der Waals surface area contributed by atoms with Crippen molar-refractivity contribution in [3.05, 3.63) is 65.7 Å². The average molecular weight is 417 g/mol. The number of hydrogen-bond donors (Lipinski definition) is 0. The van der Waals surface area contributed by atoms with Gasteiger partial charge in [0.25, 0.3) is 0 Å². The van der Waals surface area contributed by atoms with Crippen LogP contribution in [0.2, 0.25) is 0 Å². The summed E-state index contributed by atoms with van der Waals surface area (Å²) in [5.41, 5.74) is 1.89. The predicted molar refractivity (Wildman–Crippen MR) is 114 cm³/mol. The number of methoxy groups -OCH3 is 1. The van der Waals surface area contributed by atoms with Gasteiger partial charge in [-0.15, -0.1) is 0 Å². The number of carbonyl (C=O) groups is 1. The Morgan fingerprint density at radius 1 is 1.03 bits per heavy atom. The van der Waals surface area contributed by atoms with Crippen LogP contribution in [0, 0.1) is 0 Å². The molecule has 6 nitrogen and oxygen atoms in total. The molecule has 0 aromatic heterocycles. The molecule has 1 aliphatic heterocycles. The van der Waals surface area contributed by atoms with Crippen LogP contribution in [0.4, 0.5) is 5.69 Å². The second-order valence-electron chi connectivity index (χ2n) is 7.25. The van der Waals surface area contributed by atoms with E-state index in [1.807, 2.05) is 18.2 Å². The topological polar surface area (TPSA) is 66.9 Å². The summed E-state index contributed by atoms with van der Waals surface area (Å²) in [4.78, 5) is 13.9. The zero-order valence-corrected chi connectivity index (χ0v) is 17.6. The normalized spacial score (nSPS) is 14.7. The van der Waals surface area contributed by atoms with Gasteiger partial charge in [-0.1, -0.05) is 30.3 Å². The third kappa shape index (κ3) is 5.81. The number of nitrogens with zero attached hydrogens (tertiary/aromatic N) is 2. The third-order valence-corrected chi connectivity index (χ3v) is 6.97. The zero-order chi connectivity index (χ0) is 20.7. The summed E-state index contributed by atoms with van der Waals surface area (Å²) in [6.07, 6.45) is 3.02. The van der Waals surface area contributed by atoms with Gasteiger partial charge in [0, 0.05) is 0 Å². The Kier molecular flexibility index (Phi) is 7.28. The molecule has 3 rings (SSSR count). The number of ether oxygens (including phenoxy) is 1. The van der Waals surface area contributed by atoms with Crippen molar-refractivity contribution in [1.29, 1.82) is 0 Å². The molecule has 0 aliphatic carbocycles. The lowest BCUT2D eigenvalue weighted by atomic mass is 10.1. The van der Waals surface area contributed by atoms with Crippen LogP contribution in [0.5, 0.6) is 0 Å². The van der Waals surface area contributed by atoms with Gasteiger partial charge in [-0.05, 0) is 68.7 Å². The van der Waals surface area contributed by atoms with Gasteiger partial charge in [-0.2, -0.15) is 0 Å². The quantitative estimate of drug-likeness (QED) is 0.587. The first-order valence-corrected chi connectivity index (χ1v) is 11.6. The van der Waals surface area contributed by atoms with Gasteiger partial charge >= 0.3 is 5.97 Å². The molecule has 1 fully saturated rings. The van der Waals surface area contributed by atoms with Crippen LogP contribution in [0.15, 0.2) is 54.6 Å². The molecule has 29 heavy (non-hydrogen) atoms. The maximum absolute atomic E-state index is 13.2. The van der Waals surface area contributed by atoms with E-state index in [1.54, 1.807) is 36.4 Å². The van der Waals surface area contributed by atoms with Gasteiger partial charge in [0.1, 0.15) is 0 Å². The zero-order valence-electron chi connectivity index (χ0n) is 16.8. The van der Waals surface area contributed by atoms with Crippen molar-refractivity contribution < 1.29 is 17.9 Å². The summed E-state index contributed by atoms with van der Waals surface area (Å²) in [7, 11) is -2.15. The fourth-order valence-corrected chi connectivity index (χ4v) is 5.06. The van der Waals surface area contributed by atoms with E-state index in [4.69, 9.17) is 4.74 Å². The second kappa shape index (κ2) is 9.89. The summed E-state index contributed by atoms with van der Waals surface area (Å²) >= 11 is 0. The Balaban J connectivity index is 1.74. The maximum Gasteiger partial charge on any atom is 0.337 e. The Bertz CT molecular complexity index is 892. The van der Waals surface area contributed by atoms with Gasteiger partial charge in [0.05, 0.1) is 30.7 Å². The molecule has 0 spiro atoms. The highest BCUT2D eigenvalue weighted by atomic mass is 32.2. The summed E-state index contributed by atoms with van der Waals surface area (Å²) in [5.74, 6) is -0.301. The number of sulfonamides is 1. The van der Waals surface area contributed by atoms with Crippen LogP contribution in [0.25, 0.3) is 0 Å². The molecule has 0 atom stereocenters. The van der Waals surface area contributed by atoms with Gasteiger partial charge in [-0.3, -0.25) is 4.31 Å². The van der Waals surface area contributed by atoms with Gasteiger partial charge < -0.3 is 9.64 Å². The van der Waals surface area contributed by atoms with Gasteiger partial charge in [0.2, 0.25) is 10.0 Å². The van der Waals surface area contributed by atoms with E-state index in [0.29, 0.717) is 17.7 Å². The van der Waals surface area contributed by atoms with Crippen LogP contribution in [-0.2, 0) is 21.3 Å². The minimum Gasteiger partial charge on any atom is -0.465 e. The molecule has 2 aromatic carbocycles. The lowest BCUT2D eigenvalue weighted by Gasteiger charge is -2.25. The Morgan fingerprint density at radius 2 is 1.69 bits per heavy atom. The summed E-state index contributed by atoms with van der Waals surface area (Å²) < 4.78 is 32.5. The summed E-state index contributed by atoms with van der Waals surface area (Å²) in [6.45, 7) is 3.16. The number of benzene rings is 2. The molecular formula is C22H28N2O4S. The van der Waals surface area contributed by atoms with E-state index in [1.165, 1.54) is 24.3 Å². The maximum atomic E-state index is 13.2. The fraction of sp³-hybridized carbons (Fsp3) is 0.409. The molecular weight excluding hydrogens is 388 g/mol. The van der Waals surface area contributed by atoms with Crippen LogP contribution in [-0.4, -0.2) is 51.8 Å². The van der Waals surface area contributed by atoms with Crippen LogP contribution < -0.4 is 4.31 Å². The van der Waals surface area contributed by atoms with E-state index in [-0.39, 0.29) is 12.3 Å². The molecule has 1 aliphatic rings. The Hall–Kier alpha value is -2.38. The van der Waals surface area contributed by atoms with Gasteiger partial charge in [-0.25, -0.2) is 13.2 Å². The summed E-state index contributed by atoms with van der Waals surface area (Å²) in [6, 6.07) is 16.0. The predicted octanol–water partition coefficient (Wildman–Crippen LogP) is 3.30. The molecule has 0 bridgehead atoms. The Morgan fingerprint density at radius 3 is 2.31 bits per heavy atom. The van der Waals surface area contributed by atoms with E-state index in [9.17, 15) is 13.2 Å².